The molecule has 22 heavy (non-hydrogen) atoms. The molecule has 0 saturated heterocycles. The number of carbonyl (C=O) groups is 1. The third-order valence-corrected chi connectivity index (χ3v) is 3.51. The smallest absolute Gasteiger partial charge is 0.426 e. The van der Waals surface area contributed by atoms with Crippen LogP contribution in [0.5, 0.6) is 5.88 Å². The fourth-order valence-electron chi connectivity index (χ4n) is 1.98. The first-order valence-electron chi connectivity index (χ1n) is 6.11. The molecule has 2 rings (SSSR count). The second kappa shape index (κ2) is 6.83. The molecule has 1 aromatic carbocycles. The number of pyridine rings is 1. The number of nitrogens with zero attached hydrogens (tertiary/aromatic N) is 2. The molecule has 1 atom stereocenters. The summed E-state index contributed by atoms with van der Waals surface area (Å²) < 4.78 is 5.58. The number of amides is 1. The molecule has 1 aromatic heterocycles. The number of aliphatic hydroxyl groups is 1. The van der Waals surface area contributed by atoms with E-state index >= 15 is 0 Å². The lowest BCUT2D eigenvalue weighted by Gasteiger charge is -2.20. The van der Waals surface area contributed by atoms with E-state index in [1.165, 1.54) is 31.5 Å². The molecule has 0 aliphatic rings. The summed E-state index contributed by atoms with van der Waals surface area (Å²) in [5, 5.41) is 19.9. The molecule has 0 bridgehead atoms. The highest BCUT2D eigenvalue weighted by atomic mass is 35.5. The Morgan fingerprint density at radius 1 is 1.36 bits per heavy atom. The second-order valence-corrected chi connectivity index (χ2v) is 5.05. The van der Waals surface area contributed by atoms with Crippen LogP contribution >= 0.6 is 23.4 Å². The fraction of sp³-hybridized carbons (Fsp3) is 0.143. The number of aromatic nitrogens is 1. The van der Waals surface area contributed by atoms with E-state index in [1.54, 1.807) is 12.1 Å². The van der Waals surface area contributed by atoms with E-state index in [4.69, 9.17) is 33.2 Å². The van der Waals surface area contributed by atoms with Gasteiger partial charge in [-0.2, -0.15) is 4.42 Å². The van der Waals surface area contributed by atoms with Gasteiger partial charge >= 0.3 is 6.09 Å². The van der Waals surface area contributed by atoms with Gasteiger partial charge in [0.25, 0.3) is 0 Å². The number of methoxy groups -OCH3 is 1. The van der Waals surface area contributed by atoms with Crippen LogP contribution in [0.25, 0.3) is 0 Å². The summed E-state index contributed by atoms with van der Waals surface area (Å²) in [6, 6.07) is 7.56. The van der Waals surface area contributed by atoms with Gasteiger partial charge < -0.3 is 14.9 Å². The number of carboxylic acid groups (broad SMARTS) is 1. The number of hydrogen-bond donors (Lipinski definition) is 2. The number of rotatable bonds is 4. The first-order valence-corrected chi connectivity index (χ1v) is 6.82. The Morgan fingerprint density at radius 3 is 2.73 bits per heavy atom. The summed E-state index contributed by atoms with van der Waals surface area (Å²) in [5.74, 6) is 0.220. The van der Waals surface area contributed by atoms with Crippen LogP contribution in [0.1, 0.15) is 17.2 Å². The summed E-state index contributed by atoms with van der Waals surface area (Å²) in [5.41, 5.74) is 0.678. The summed E-state index contributed by atoms with van der Waals surface area (Å²) in [6.07, 6.45) is -1.08. The van der Waals surface area contributed by atoms with E-state index in [2.05, 4.69) is 4.98 Å². The van der Waals surface area contributed by atoms with Crippen LogP contribution in [-0.2, 0) is 0 Å². The van der Waals surface area contributed by atoms with Crippen molar-refractivity contribution in [3.05, 3.63) is 52.7 Å². The van der Waals surface area contributed by atoms with Gasteiger partial charge in [0.05, 0.1) is 12.8 Å². The van der Waals surface area contributed by atoms with E-state index in [9.17, 15) is 9.90 Å². The molecule has 0 aliphatic heterocycles. The van der Waals surface area contributed by atoms with Gasteiger partial charge in [-0.05, 0) is 30.3 Å². The van der Waals surface area contributed by atoms with Gasteiger partial charge in [0, 0.05) is 34.1 Å². The number of hydrogen-bond acceptors (Lipinski definition) is 4. The lowest BCUT2D eigenvalue weighted by molar-refractivity contribution is 0.205. The molecule has 8 heteroatoms. The van der Waals surface area contributed by atoms with Crippen LogP contribution < -0.4 is 9.16 Å². The molecule has 1 unspecified atom stereocenters. The quantitative estimate of drug-likeness (QED) is 0.831. The van der Waals surface area contributed by atoms with E-state index < -0.39 is 12.2 Å². The highest BCUT2D eigenvalue weighted by Gasteiger charge is 2.24. The molecule has 0 spiro atoms. The fourth-order valence-corrected chi connectivity index (χ4v) is 2.31. The van der Waals surface area contributed by atoms with Crippen LogP contribution in [0, 0.1) is 0 Å². The van der Waals surface area contributed by atoms with E-state index in [1.807, 2.05) is 0 Å². The Labute approximate surface area is 136 Å². The highest BCUT2D eigenvalue weighted by Crippen LogP contribution is 2.36. The molecule has 6 nitrogen and oxygen atoms in total. The average molecular weight is 343 g/mol. The van der Waals surface area contributed by atoms with Crippen molar-refractivity contribution < 1.29 is 19.7 Å². The molecule has 0 aliphatic carbocycles. The van der Waals surface area contributed by atoms with Crippen LogP contribution in [0.4, 0.5) is 10.5 Å². The monoisotopic (exact) mass is 342 g/mol. The van der Waals surface area contributed by atoms with Gasteiger partial charge in [-0.3, -0.25) is 0 Å². The Morgan fingerprint density at radius 2 is 2.09 bits per heavy atom. The minimum atomic E-state index is -1.38. The molecule has 116 valence electrons. The molecule has 0 radical (unpaired) electrons. The first kappa shape index (κ1) is 16.4. The van der Waals surface area contributed by atoms with E-state index in [0.29, 0.717) is 15.0 Å². The zero-order valence-corrected chi connectivity index (χ0v) is 12.9. The Kier molecular flexibility index (Phi) is 5.07. The SMILES string of the molecule is COc1ncccc1C(O)c1cc(Cl)ccc1N(Cl)C(=O)O. The topological polar surface area (TPSA) is 82.9 Å². The number of anilines is 1. The molecule has 1 amide bonds. The molecule has 2 aromatic rings. The number of aliphatic hydroxyl groups excluding tert-OH is 1. The maximum atomic E-state index is 11.1. The molecule has 0 saturated carbocycles. The Balaban J connectivity index is 2.55. The minimum absolute atomic E-state index is 0.0944. The zero-order valence-electron chi connectivity index (χ0n) is 11.4. The third-order valence-electron chi connectivity index (χ3n) is 2.95. The number of halogens is 2. The Bertz CT molecular complexity index is 696. The molecule has 1 heterocycles. The minimum Gasteiger partial charge on any atom is -0.481 e. The average Bonchev–Trinajstić information content (AvgIpc) is 2.53. The van der Waals surface area contributed by atoms with Crippen LogP contribution in [0.2, 0.25) is 5.02 Å². The molecule has 2 N–H and O–H groups in total. The van der Waals surface area contributed by atoms with Gasteiger partial charge in [0.2, 0.25) is 5.88 Å². The molecular weight excluding hydrogens is 331 g/mol. The summed E-state index contributed by atoms with van der Waals surface area (Å²) >= 11 is 11.7. The van der Waals surface area contributed by atoms with Crippen molar-refractivity contribution in [3.8, 4) is 5.88 Å². The predicted octanol–water partition coefficient (Wildman–Crippen LogP) is 3.46. The zero-order chi connectivity index (χ0) is 16.3. The largest absolute Gasteiger partial charge is 0.481 e. The van der Waals surface area contributed by atoms with Crippen molar-refractivity contribution in [2.75, 3.05) is 11.5 Å². The predicted molar refractivity (Wildman–Crippen MR) is 82.7 cm³/mol. The normalized spacial score (nSPS) is 11.8. The molecular formula is C14H12Cl2N2O4. The maximum Gasteiger partial charge on any atom is 0.426 e. The number of ether oxygens (including phenoxy) is 1. The van der Waals surface area contributed by atoms with Crippen molar-refractivity contribution in [2.24, 2.45) is 0 Å². The Hall–Kier alpha value is -2.02. The van der Waals surface area contributed by atoms with Gasteiger partial charge in [-0.1, -0.05) is 11.6 Å². The molecule has 0 fully saturated rings. The summed E-state index contributed by atoms with van der Waals surface area (Å²) in [7, 11) is 1.42. The van der Waals surface area contributed by atoms with Gasteiger partial charge in [0.1, 0.15) is 6.10 Å². The first-order chi connectivity index (χ1) is 10.5. The third kappa shape index (κ3) is 3.24. The van der Waals surface area contributed by atoms with Crippen LogP contribution in [0.3, 0.4) is 0 Å². The van der Waals surface area contributed by atoms with Crippen molar-refractivity contribution >= 4 is 35.2 Å². The van der Waals surface area contributed by atoms with Crippen molar-refractivity contribution in [1.29, 1.82) is 0 Å². The maximum absolute atomic E-state index is 11.1. The van der Waals surface area contributed by atoms with E-state index in [-0.39, 0.29) is 17.1 Å². The van der Waals surface area contributed by atoms with Crippen LogP contribution in [0.15, 0.2) is 36.5 Å². The standard InChI is InChI=1S/C14H12Cl2N2O4/c1-22-13-9(3-2-6-17-13)12(19)10-7-8(15)4-5-11(10)18(16)14(20)21/h2-7,12,19H,1H3,(H,20,21). The van der Waals surface area contributed by atoms with E-state index in [0.717, 1.165) is 0 Å². The van der Waals surface area contributed by atoms with Crippen molar-refractivity contribution in [3.63, 3.8) is 0 Å². The lowest BCUT2D eigenvalue weighted by atomic mass is 10.0. The van der Waals surface area contributed by atoms with Crippen LogP contribution in [-0.4, -0.2) is 28.4 Å². The lowest BCUT2D eigenvalue weighted by Crippen LogP contribution is -2.20. The van der Waals surface area contributed by atoms with Crippen molar-refractivity contribution in [1.82, 2.24) is 4.98 Å². The van der Waals surface area contributed by atoms with Gasteiger partial charge in [0.15, 0.2) is 0 Å². The van der Waals surface area contributed by atoms with Gasteiger partial charge in [-0.15, -0.1) is 0 Å². The highest BCUT2D eigenvalue weighted by molar-refractivity contribution is 6.35. The van der Waals surface area contributed by atoms with Crippen molar-refractivity contribution in [2.45, 2.75) is 6.10 Å². The summed E-state index contributed by atoms with van der Waals surface area (Å²) in [4.78, 5) is 15.1. The van der Waals surface area contributed by atoms with Gasteiger partial charge in [-0.25, -0.2) is 9.78 Å². The number of benzene rings is 1. The summed E-state index contributed by atoms with van der Waals surface area (Å²) in [6.45, 7) is 0. The second-order valence-electron chi connectivity index (χ2n) is 4.27.